The summed E-state index contributed by atoms with van der Waals surface area (Å²) in [6, 6.07) is 4.96. The van der Waals surface area contributed by atoms with Gasteiger partial charge in [-0.3, -0.25) is 0 Å². The molecular weight excluding hydrogens is 569 g/mol. The zero-order chi connectivity index (χ0) is 30.3. The monoisotopic (exact) mass is 594 g/mol. The Bertz CT molecular complexity index is 1730. The minimum atomic E-state index is -1.05. The molecule has 216 valence electrons. The highest BCUT2D eigenvalue weighted by atomic mass is 35.5. The maximum Gasteiger partial charge on any atom is 0.364 e. The Kier molecular flexibility index (Phi) is 7.44. The Morgan fingerprint density at radius 1 is 1.29 bits per heavy atom. The number of nitrogens with one attached hydrogen (secondary N) is 1. The number of benzene rings is 1. The molecule has 2 aliphatic rings. The van der Waals surface area contributed by atoms with Crippen LogP contribution >= 0.6 is 11.6 Å². The predicted molar refractivity (Wildman–Crippen MR) is 146 cm³/mol. The number of allylic oxidation sites excluding steroid dienone is 1. The molecule has 2 unspecified atom stereocenters. The predicted octanol–water partition coefficient (Wildman–Crippen LogP) is 3.57. The van der Waals surface area contributed by atoms with Gasteiger partial charge in [-0.1, -0.05) is 31.5 Å². The van der Waals surface area contributed by atoms with E-state index in [0.717, 1.165) is 6.07 Å². The second-order valence-electron chi connectivity index (χ2n) is 10.1. The number of cyclic esters (lactones) is 1. The minimum Gasteiger partial charge on any atom is -0.479 e. The molecule has 3 aromatic rings. The first kappa shape index (κ1) is 28.7. The quantitative estimate of drug-likeness (QED) is 0.344. The third-order valence-electron chi connectivity index (χ3n) is 6.90. The van der Waals surface area contributed by atoms with Crippen molar-refractivity contribution in [3.05, 3.63) is 81.3 Å². The molecule has 42 heavy (non-hydrogen) atoms. The van der Waals surface area contributed by atoms with E-state index in [2.05, 4.69) is 20.4 Å². The molecule has 0 saturated heterocycles. The summed E-state index contributed by atoms with van der Waals surface area (Å²) >= 11 is 6.31. The summed E-state index contributed by atoms with van der Waals surface area (Å²) in [6.45, 7) is 3.38. The lowest BCUT2D eigenvalue weighted by atomic mass is 9.91. The number of aromatic nitrogens is 4. The second kappa shape index (κ2) is 10.9. The zero-order valence-corrected chi connectivity index (χ0v) is 24.1. The van der Waals surface area contributed by atoms with E-state index in [1.807, 2.05) is 19.9 Å². The standard InChI is InChI=1S/C28H26ClFN7O5/c1-14(2)24-21-22(17-7-6-15(10-31)8-19(17)30)33-16-9-18(29)26(38)37(3,12-16)13-42-27(39)23(21)35-36(24)20-11-32-28(41-5)34-25(20)40-4/h6-9,11-12,14,22,33H,13H2,1-5H3/q+1. The van der Waals surface area contributed by atoms with Gasteiger partial charge < -0.3 is 19.5 Å². The highest BCUT2D eigenvalue weighted by Gasteiger charge is 2.42. The first-order chi connectivity index (χ1) is 20.0. The average Bonchev–Trinajstić information content (AvgIpc) is 3.37. The van der Waals surface area contributed by atoms with Crippen LogP contribution in [0.3, 0.4) is 0 Å². The smallest absolute Gasteiger partial charge is 0.364 e. The van der Waals surface area contributed by atoms with Gasteiger partial charge in [0.05, 0.1) is 56.5 Å². The Morgan fingerprint density at radius 3 is 2.69 bits per heavy atom. The fraction of sp³-hybridized carbons (Fsp3) is 0.286. The molecule has 0 saturated carbocycles. The molecule has 2 bridgehead atoms. The first-order valence-corrected chi connectivity index (χ1v) is 13.1. The maximum atomic E-state index is 15.7. The van der Waals surface area contributed by atoms with Crippen LogP contribution in [0.25, 0.3) is 5.69 Å². The van der Waals surface area contributed by atoms with Crippen molar-refractivity contribution in [2.24, 2.45) is 0 Å². The van der Waals surface area contributed by atoms with Crippen LogP contribution in [0.1, 0.15) is 58.7 Å². The summed E-state index contributed by atoms with van der Waals surface area (Å²) in [7, 11) is 4.36. The SMILES string of the molecule is COc1ncc(-n2nc3c(c2C(C)C)C(c2ccc(C#N)cc2F)NC2=C[N+](C)(COC3=O)C(=O)C(Cl)=C2)c(OC)n1. The number of rotatable bonds is 5. The lowest BCUT2D eigenvalue weighted by Crippen LogP contribution is -2.49. The first-order valence-electron chi connectivity index (χ1n) is 12.7. The largest absolute Gasteiger partial charge is 0.479 e. The van der Waals surface area contributed by atoms with E-state index in [9.17, 15) is 14.9 Å². The number of halogens is 2. The molecule has 0 fully saturated rings. The number of ether oxygens (including phenoxy) is 3. The van der Waals surface area contributed by atoms with Gasteiger partial charge in [0.2, 0.25) is 12.6 Å². The van der Waals surface area contributed by atoms with Crippen molar-refractivity contribution >= 4 is 23.5 Å². The number of carbonyl (C=O) groups excluding carboxylic acids is 2. The summed E-state index contributed by atoms with van der Waals surface area (Å²) in [4.78, 5) is 35.1. The topological polar surface area (TPSA) is 141 Å². The number of likely N-dealkylation sites (N-methyl/N-ethyl adjacent to an activating group) is 1. The van der Waals surface area contributed by atoms with E-state index < -0.39 is 28.2 Å². The molecular formula is C28H26ClFN7O5+. The number of hydrogen-bond donors (Lipinski definition) is 1. The molecule has 0 radical (unpaired) electrons. The van der Waals surface area contributed by atoms with Crippen molar-refractivity contribution in [3.63, 3.8) is 0 Å². The van der Waals surface area contributed by atoms with E-state index in [0.29, 0.717) is 17.0 Å². The van der Waals surface area contributed by atoms with Crippen molar-refractivity contribution in [2.75, 3.05) is 28.0 Å². The number of hydrogen-bond acceptors (Lipinski definition) is 10. The molecule has 0 spiro atoms. The van der Waals surface area contributed by atoms with Crippen LogP contribution in [0.5, 0.6) is 11.9 Å². The molecule has 14 heteroatoms. The van der Waals surface area contributed by atoms with E-state index >= 15 is 4.39 Å². The maximum absolute atomic E-state index is 15.7. The van der Waals surface area contributed by atoms with Crippen molar-refractivity contribution in [3.8, 4) is 23.6 Å². The number of carbonyl (C=O) groups is 2. The molecule has 4 heterocycles. The lowest BCUT2D eigenvalue weighted by Gasteiger charge is -2.32. The van der Waals surface area contributed by atoms with Crippen LogP contribution in [0.2, 0.25) is 0 Å². The van der Waals surface area contributed by atoms with Gasteiger partial charge in [0.15, 0.2) is 5.69 Å². The Labute approximate surface area is 245 Å². The lowest BCUT2D eigenvalue weighted by molar-refractivity contribution is -0.800. The fourth-order valence-corrected chi connectivity index (χ4v) is 5.25. The molecule has 2 aliphatic heterocycles. The molecule has 0 aliphatic carbocycles. The van der Waals surface area contributed by atoms with Crippen molar-refractivity contribution < 1.29 is 32.7 Å². The van der Waals surface area contributed by atoms with Crippen molar-refractivity contribution in [1.82, 2.24) is 25.1 Å². The Hall–Kier alpha value is -4.80. The highest BCUT2D eigenvalue weighted by Crippen LogP contribution is 2.39. The van der Waals surface area contributed by atoms with Gasteiger partial charge in [-0.2, -0.15) is 19.8 Å². The van der Waals surface area contributed by atoms with Gasteiger partial charge in [0.1, 0.15) is 22.7 Å². The van der Waals surface area contributed by atoms with Crippen LogP contribution < -0.4 is 14.8 Å². The van der Waals surface area contributed by atoms with Crippen molar-refractivity contribution in [1.29, 1.82) is 5.26 Å². The van der Waals surface area contributed by atoms with E-state index in [-0.39, 0.29) is 52.1 Å². The molecule has 1 N–H and O–H groups in total. The van der Waals surface area contributed by atoms with Crippen molar-refractivity contribution in [2.45, 2.75) is 25.8 Å². The Balaban J connectivity index is 1.84. The van der Waals surface area contributed by atoms with Gasteiger partial charge in [-0.25, -0.2) is 23.6 Å². The van der Waals surface area contributed by atoms with E-state index in [1.165, 1.54) is 50.4 Å². The van der Waals surface area contributed by atoms with Gasteiger partial charge in [0, 0.05) is 11.1 Å². The number of quaternary nitrogens is 1. The van der Waals surface area contributed by atoms with Gasteiger partial charge in [-0.05, 0) is 24.1 Å². The van der Waals surface area contributed by atoms with E-state index in [1.54, 1.807) is 6.20 Å². The number of nitriles is 1. The number of nitrogens with zero attached hydrogens (tertiary/aromatic N) is 6. The van der Waals surface area contributed by atoms with Crippen LogP contribution in [-0.4, -0.2) is 64.1 Å². The average molecular weight is 595 g/mol. The van der Waals surface area contributed by atoms with Gasteiger partial charge in [0.25, 0.3) is 0 Å². The summed E-state index contributed by atoms with van der Waals surface area (Å²) in [5.74, 6) is -2.23. The van der Waals surface area contributed by atoms with E-state index in [4.69, 9.17) is 25.8 Å². The summed E-state index contributed by atoms with van der Waals surface area (Å²) in [5, 5.41) is 17.1. The van der Waals surface area contributed by atoms with Crippen LogP contribution in [0.15, 0.2) is 47.4 Å². The number of fused-ring (bicyclic) bond motifs is 2. The zero-order valence-electron chi connectivity index (χ0n) is 23.3. The van der Waals surface area contributed by atoms with Gasteiger partial charge in [-0.15, -0.1) is 0 Å². The van der Waals surface area contributed by atoms with Crippen LogP contribution in [-0.2, 0) is 9.53 Å². The third kappa shape index (κ3) is 4.84. The fourth-order valence-electron chi connectivity index (χ4n) is 4.94. The van der Waals surface area contributed by atoms with Crippen LogP contribution in [0, 0.1) is 17.1 Å². The Morgan fingerprint density at radius 2 is 2.05 bits per heavy atom. The minimum absolute atomic E-state index is 0.0531. The highest BCUT2D eigenvalue weighted by molar-refractivity contribution is 6.41. The summed E-state index contributed by atoms with van der Waals surface area (Å²) in [5.41, 5.74) is 1.56. The van der Waals surface area contributed by atoms with Crippen LogP contribution in [0.4, 0.5) is 4.39 Å². The van der Waals surface area contributed by atoms with Gasteiger partial charge >= 0.3 is 17.9 Å². The third-order valence-corrected chi connectivity index (χ3v) is 7.17. The molecule has 5 rings (SSSR count). The molecule has 2 atom stereocenters. The number of methoxy groups -OCH3 is 2. The molecule has 1 aromatic carbocycles. The number of esters is 1. The normalized spacial score (nSPS) is 20.0. The molecule has 12 nitrogen and oxygen atoms in total. The second-order valence-corrected chi connectivity index (χ2v) is 10.5. The number of amides is 1. The molecule has 2 aromatic heterocycles. The molecule has 1 amide bonds. The summed E-state index contributed by atoms with van der Waals surface area (Å²) in [6.07, 6.45) is 4.40. The summed E-state index contributed by atoms with van der Waals surface area (Å²) < 4.78 is 32.9.